The number of thiocarbonyl (C=S) groups is 1. The van der Waals surface area contributed by atoms with E-state index < -0.39 is 0 Å². The minimum atomic E-state index is -0.0490. The fraction of sp³-hybridized carbons (Fsp3) is 0.407. The van der Waals surface area contributed by atoms with Crippen LogP contribution in [0.1, 0.15) is 23.1 Å². The van der Waals surface area contributed by atoms with Gasteiger partial charge in [0.2, 0.25) is 0 Å². The van der Waals surface area contributed by atoms with Crippen LogP contribution in [0.3, 0.4) is 0 Å². The SMILES string of the molecule is Cc1cccc2cc(CN(CCCN3CCOCC3)C(=S)NCCc3ccccc3)c(=O)[nH]c12. The minimum absolute atomic E-state index is 0.0490. The number of benzene rings is 2. The molecule has 1 fully saturated rings. The molecule has 3 aromatic rings. The Kier molecular flexibility index (Phi) is 8.68. The maximum Gasteiger partial charge on any atom is 0.253 e. The third-order valence-corrected chi connectivity index (χ3v) is 6.75. The van der Waals surface area contributed by atoms with E-state index in [4.69, 9.17) is 17.0 Å². The van der Waals surface area contributed by atoms with E-state index in [9.17, 15) is 4.79 Å². The van der Waals surface area contributed by atoms with Gasteiger partial charge < -0.3 is 19.9 Å². The van der Waals surface area contributed by atoms with E-state index in [1.54, 1.807) is 0 Å². The van der Waals surface area contributed by atoms with Gasteiger partial charge in [0, 0.05) is 38.3 Å². The normalized spacial score (nSPS) is 14.3. The molecule has 0 saturated carbocycles. The number of para-hydroxylation sites is 1. The summed E-state index contributed by atoms with van der Waals surface area (Å²) in [4.78, 5) is 20.5. The number of nitrogens with one attached hydrogen (secondary N) is 2. The van der Waals surface area contributed by atoms with Crippen molar-refractivity contribution >= 4 is 28.2 Å². The van der Waals surface area contributed by atoms with Gasteiger partial charge in [-0.25, -0.2) is 0 Å². The van der Waals surface area contributed by atoms with E-state index in [2.05, 4.69) is 44.4 Å². The fourth-order valence-corrected chi connectivity index (χ4v) is 4.64. The number of aryl methyl sites for hydroxylation is 1. The van der Waals surface area contributed by atoms with E-state index in [1.807, 2.05) is 37.3 Å². The van der Waals surface area contributed by atoms with Crippen LogP contribution in [0.25, 0.3) is 10.9 Å². The lowest BCUT2D eigenvalue weighted by Gasteiger charge is -2.29. The van der Waals surface area contributed by atoms with Crippen molar-refractivity contribution in [1.29, 1.82) is 0 Å². The summed E-state index contributed by atoms with van der Waals surface area (Å²) in [6, 6.07) is 18.5. The van der Waals surface area contributed by atoms with Crippen LogP contribution < -0.4 is 10.9 Å². The lowest BCUT2D eigenvalue weighted by atomic mass is 10.1. The van der Waals surface area contributed by atoms with Crippen LogP contribution >= 0.6 is 12.2 Å². The van der Waals surface area contributed by atoms with Gasteiger partial charge in [-0.05, 0) is 54.6 Å². The van der Waals surface area contributed by atoms with Crippen molar-refractivity contribution < 1.29 is 4.74 Å². The number of hydrogen-bond acceptors (Lipinski definition) is 4. The molecule has 0 radical (unpaired) electrons. The van der Waals surface area contributed by atoms with Crippen molar-refractivity contribution in [3.63, 3.8) is 0 Å². The lowest BCUT2D eigenvalue weighted by molar-refractivity contribution is 0.0367. The molecule has 2 heterocycles. The smallest absolute Gasteiger partial charge is 0.253 e. The van der Waals surface area contributed by atoms with Crippen molar-refractivity contribution in [2.45, 2.75) is 26.3 Å². The molecule has 2 N–H and O–H groups in total. The number of H-pyrrole nitrogens is 1. The van der Waals surface area contributed by atoms with Gasteiger partial charge in [-0.2, -0.15) is 0 Å². The summed E-state index contributed by atoms with van der Waals surface area (Å²) in [6.45, 7) is 8.61. The number of hydrogen-bond donors (Lipinski definition) is 2. The Morgan fingerprint density at radius 3 is 2.74 bits per heavy atom. The Balaban J connectivity index is 1.43. The van der Waals surface area contributed by atoms with Crippen LogP contribution in [0.2, 0.25) is 0 Å². The van der Waals surface area contributed by atoms with Crippen LogP contribution in [0, 0.1) is 6.92 Å². The third-order valence-electron chi connectivity index (χ3n) is 6.35. The van der Waals surface area contributed by atoms with Crippen LogP contribution in [-0.2, 0) is 17.7 Å². The summed E-state index contributed by atoms with van der Waals surface area (Å²) < 4.78 is 5.46. The summed E-state index contributed by atoms with van der Waals surface area (Å²) in [5, 5.41) is 5.16. The number of fused-ring (bicyclic) bond motifs is 1. The van der Waals surface area contributed by atoms with E-state index in [0.717, 1.165) is 80.8 Å². The first-order valence-corrected chi connectivity index (χ1v) is 12.5. The Morgan fingerprint density at radius 1 is 1.15 bits per heavy atom. The van der Waals surface area contributed by atoms with Gasteiger partial charge in [-0.1, -0.05) is 48.5 Å². The molecule has 34 heavy (non-hydrogen) atoms. The highest BCUT2D eigenvalue weighted by atomic mass is 32.1. The van der Waals surface area contributed by atoms with E-state index in [0.29, 0.717) is 11.7 Å². The molecule has 0 bridgehead atoms. The van der Waals surface area contributed by atoms with Gasteiger partial charge in [-0.15, -0.1) is 0 Å². The first-order chi connectivity index (χ1) is 16.6. The molecular weight excluding hydrogens is 444 g/mol. The number of aromatic nitrogens is 1. The van der Waals surface area contributed by atoms with Gasteiger partial charge >= 0.3 is 0 Å². The first kappa shape index (κ1) is 24.4. The summed E-state index contributed by atoms with van der Waals surface area (Å²) in [7, 11) is 0. The molecule has 7 heteroatoms. The van der Waals surface area contributed by atoms with Gasteiger partial charge in [0.15, 0.2) is 5.11 Å². The quantitative estimate of drug-likeness (QED) is 0.459. The molecule has 2 aromatic carbocycles. The summed E-state index contributed by atoms with van der Waals surface area (Å²) in [6.07, 6.45) is 1.88. The molecule has 180 valence electrons. The highest BCUT2D eigenvalue weighted by Gasteiger charge is 2.15. The predicted molar refractivity (Wildman–Crippen MR) is 142 cm³/mol. The number of ether oxygens (including phenoxy) is 1. The molecule has 1 aliphatic rings. The second-order valence-electron chi connectivity index (χ2n) is 8.86. The van der Waals surface area contributed by atoms with E-state index >= 15 is 0 Å². The third kappa shape index (κ3) is 6.65. The molecule has 1 saturated heterocycles. The number of aromatic amines is 1. The van der Waals surface area contributed by atoms with Crippen molar-refractivity contribution in [2.75, 3.05) is 45.9 Å². The zero-order valence-corrected chi connectivity index (χ0v) is 20.7. The molecule has 1 aliphatic heterocycles. The highest BCUT2D eigenvalue weighted by Crippen LogP contribution is 2.16. The fourth-order valence-electron chi connectivity index (χ4n) is 4.38. The second kappa shape index (κ2) is 12.1. The summed E-state index contributed by atoms with van der Waals surface area (Å²) in [5.74, 6) is 0. The molecular formula is C27H34N4O2S. The number of pyridine rings is 1. The van der Waals surface area contributed by atoms with Crippen LogP contribution in [0.4, 0.5) is 0 Å². The lowest BCUT2D eigenvalue weighted by Crippen LogP contribution is -2.43. The van der Waals surface area contributed by atoms with Gasteiger partial charge in [0.25, 0.3) is 5.56 Å². The Morgan fingerprint density at radius 2 is 1.94 bits per heavy atom. The summed E-state index contributed by atoms with van der Waals surface area (Å²) >= 11 is 5.79. The van der Waals surface area contributed by atoms with Crippen molar-refractivity contribution in [2.24, 2.45) is 0 Å². The van der Waals surface area contributed by atoms with Crippen LogP contribution in [0.15, 0.2) is 59.4 Å². The number of nitrogens with zero attached hydrogens (tertiary/aromatic N) is 2. The largest absolute Gasteiger partial charge is 0.379 e. The standard InChI is InChI=1S/C27H34N4O2S/c1-21-7-5-10-23-19-24(26(32)29-25(21)23)20-31(14-6-13-30-15-17-33-18-16-30)27(34)28-12-11-22-8-3-2-4-9-22/h2-5,7-10,19H,6,11-18,20H2,1H3,(H,28,34)(H,29,32). The Hall–Kier alpha value is -2.74. The molecule has 1 aromatic heterocycles. The zero-order chi connectivity index (χ0) is 23.8. The van der Waals surface area contributed by atoms with E-state index in [1.165, 1.54) is 5.56 Å². The Bertz CT molecular complexity index is 1140. The zero-order valence-electron chi connectivity index (χ0n) is 19.9. The second-order valence-corrected chi connectivity index (χ2v) is 9.25. The van der Waals surface area contributed by atoms with Crippen molar-refractivity contribution in [3.8, 4) is 0 Å². The van der Waals surface area contributed by atoms with Gasteiger partial charge in [0.05, 0.1) is 25.3 Å². The molecule has 4 rings (SSSR count). The molecule has 0 atom stereocenters. The number of morpholine rings is 1. The van der Waals surface area contributed by atoms with Crippen LogP contribution in [0.5, 0.6) is 0 Å². The average molecular weight is 479 g/mol. The molecule has 0 spiro atoms. The molecule has 6 nitrogen and oxygen atoms in total. The molecule has 0 unspecified atom stereocenters. The topological polar surface area (TPSA) is 60.6 Å². The van der Waals surface area contributed by atoms with Gasteiger partial charge in [-0.3, -0.25) is 9.69 Å². The highest BCUT2D eigenvalue weighted by molar-refractivity contribution is 7.80. The minimum Gasteiger partial charge on any atom is -0.379 e. The average Bonchev–Trinajstić information content (AvgIpc) is 2.85. The summed E-state index contributed by atoms with van der Waals surface area (Å²) in [5.41, 5.74) is 3.93. The van der Waals surface area contributed by atoms with Crippen LogP contribution in [-0.4, -0.2) is 65.8 Å². The maximum absolute atomic E-state index is 12.9. The predicted octanol–water partition coefficient (Wildman–Crippen LogP) is 3.48. The Labute approximate surface area is 206 Å². The molecule has 0 aliphatic carbocycles. The van der Waals surface area contributed by atoms with Crippen molar-refractivity contribution in [1.82, 2.24) is 20.1 Å². The number of rotatable bonds is 9. The van der Waals surface area contributed by atoms with Crippen molar-refractivity contribution in [3.05, 3.63) is 81.6 Å². The first-order valence-electron chi connectivity index (χ1n) is 12.1. The van der Waals surface area contributed by atoms with E-state index in [-0.39, 0.29) is 5.56 Å². The van der Waals surface area contributed by atoms with Gasteiger partial charge in [0.1, 0.15) is 0 Å². The monoisotopic (exact) mass is 478 g/mol. The maximum atomic E-state index is 12.9. The molecule has 0 amide bonds.